The van der Waals surface area contributed by atoms with Crippen LogP contribution in [0.2, 0.25) is 0 Å². The number of anilines is 2. The number of nitrogens with one attached hydrogen (secondary N) is 2. The van der Waals surface area contributed by atoms with Crippen molar-refractivity contribution in [3.05, 3.63) is 177 Å². The van der Waals surface area contributed by atoms with Crippen molar-refractivity contribution in [3.8, 4) is 22.6 Å². The lowest BCUT2D eigenvalue weighted by atomic mass is 10.0. The largest absolute Gasteiger partial charge is 0.478 e. The highest BCUT2D eigenvalue weighted by atomic mass is 32.2. The van der Waals surface area contributed by atoms with Gasteiger partial charge in [-0.05, 0) is 158 Å². The van der Waals surface area contributed by atoms with Gasteiger partial charge in [0.25, 0.3) is 11.8 Å². The fourth-order valence-electron chi connectivity index (χ4n) is 11.1. The number of methoxy groups -OCH3 is 1. The number of benzene rings is 6. The number of aryl methyl sites for hydroxylation is 2. The van der Waals surface area contributed by atoms with Crippen LogP contribution in [-0.4, -0.2) is 145 Å². The van der Waals surface area contributed by atoms with E-state index in [-0.39, 0.29) is 86.2 Å². The Bertz CT molecular complexity index is 4190. The molecule has 2 aromatic heterocycles. The quantitative estimate of drug-likeness (QED) is 0.0261. The molecule has 6 aromatic carbocycles. The van der Waals surface area contributed by atoms with Crippen LogP contribution in [0.4, 0.5) is 20.2 Å². The van der Waals surface area contributed by atoms with Crippen molar-refractivity contribution < 1.29 is 82.4 Å². The number of carboxylic acid groups (broad SMARTS) is 1. The molecule has 0 atom stereocenters. The van der Waals surface area contributed by atoms with E-state index in [0.29, 0.717) is 113 Å². The molecule has 24 heteroatoms. The summed E-state index contributed by atoms with van der Waals surface area (Å²) in [6, 6.07) is 32.5. The molecule has 3 N–H and O–H groups in total. The van der Waals surface area contributed by atoms with Gasteiger partial charge in [-0.15, -0.1) is 0 Å². The maximum absolute atomic E-state index is 13.7. The molecule has 2 amide bonds. The Morgan fingerprint density at radius 3 is 1.28 bits per heavy atom. The standard InChI is InChI=1S/C35H39FN2O8S.C34H37FN2O8S/c1-37-34(39)32-29-21-28(24-10-11-24)30(22-31(29)46-33(32)25-12-14-26(36)15-13-25)38(47(3,41)42)16-18-45-20-19-44-17-6-8-23-7-4-5-9-27(23)35(40)43-2;1-36-33(38)31-28-20-27(23-9-10-23)29(21-30(28)45-32(31)24-11-13-25(35)14-12-24)37(46(2,41)42)15-17-44-19-18-43-16-5-7-22-6-3-4-8-26(22)34(39)40/h4-5,7,9,12-15,21-22,24H,6,8,10-11,16-20H2,1-3H3,(H,37,39);3-4,6,8,11-14,20-21,23H,5,7,9-10,15-19H2,1-2H3,(H,36,38)(H,39,40). The van der Waals surface area contributed by atoms with E-state index in [2.05, 4.69) is 10.6 Å². The van der Waals surface area contributed by atoms with Gasteiger partial charge in [0.2, 0.25) is 20.0 Å². The molecule has 494 valence electrons. The molecule has 10 rings (SSSR count). The van der Waals surface area contributed by atoms with Crippen LogP contribution >= 0.6 is 0 Å². The number of hydrogen-bond donors (Lipinski definition) is 3. The van der Waals surface area contributed by atoms with Gasteiger partial charge in [0.1, 0.15) is 34.3 Å². The monoisotopic (exact) mass is 1320 g/mol. The fraction of sp³-hybridized carbons (Fsp3) is 0.362. The molecule has 2 saturated carbocycles. The number of sulfonamides is 2. The van der Waals surface area contributed by atoms with E-state index >= 15 is 0 Å². The van der Waals surface area contributed by atoms with Gasteiger partial charge < -0.3 is 48.3 Å². The maximum atomic E-state index is 13.7. The van der Waals surface area contributed by atoms with Gasteiger partial charge in [0.15, 0.2) is 0 Å². The van der Waals surface area contributed by atoms with Crippen molar-refractivity contribution in [3.63, 3.8) is 0 Å². The number of esters is 1. The number of rotatable bonds is 32. The Labute approximate surface area is 539 Å². The summed E-state index contributed by atoms with van der Waals surface area (Å²) in [4.78, 5) is 49.4. The topological polar surface area (TPSA) is 260 Å². The Morgan fingerprint density at radius 2 is 0.914 bits per heavy atom. The molecule has 0 unspecified atom stereocenters. The Morgan fingerprint density at radius 1 is 0.538 bits per heavy atom. The number of amides is 2. The molecule has 0 aliphatic heterocycles. The summed E-state index contributed by atoms with van der Waals surface area (Å²) in [5.41, 5.74) is 7.41. The van der Waals surface area contributed by atoms with Crippen LogP contribution < -0.4 is 19.2 Å². The highest BCUT2D eigenvalue weighted by Crippen LogP contribution is 2.50. The van der Waals surface area contributed by atoms with E-state index in [0.717, 1.165) is 60.4 Å². The summed E-state index contributed by atoms with van der Waals surface area (Å²) in [6.45, 7) is 2.45. The summed E-state index contributed by atoms with van der Waals surface area (Å²) >= 11 is 0. The maximum Gasteiger partial charge on any atom is 0.338 e. The van der Waals surface area contributed by atoms with E-state index < -0.39 is 37.7 Å². The summed E-state index contributed by atoms with van der Waals surface area (Å²) in [5.74, 6) is -2.05. The van der Waals surface area contributed by atoms with E-state index in [1.807, 2.05) is 30.3 Å². The van der Waals surface area contributed by atoms with Gasteiger partial charge in [-0.3, -0.25) is 18.2 Å². The zero-order chi connectivity index (χ0) is 66.4. The van der Waals surface area contributed by atoms with Crippen molar-refractivity contribution in [2.24, 2.45) is 0 Å². The first-order valence-electron chi connectivity index (χ1n) is 30.6. The Kier molecular flexibility index (Phi) is 23.2. The highest BCUT2D eigenvalue weighted by Gasteiger charge is 2.35. The minimum atomic E-state index is -3.72. The number of carboxylic acids is 1. The SMILES string of the molecule is CNC(=O)c1c(-c2ccc(F)cc2)oc2cc(N(CCOCCOCCCc3ccccc3C(=O)O)S(C)(=O)=O)c(C3CC3)cc12.CNC(=O)c1c(-c2ccc(F)cc2)oc2cc(N(CCOCCOCCCc3ccccc3C(=O)OC)S(C)(=O)=O)c(C3CC3)cc12. The molecule has 8 aromatic rings. The number of halogens is 2. The third kappa shape index (κ3) is 17.6. The van der Waals surface area contributed by atoms with Gasteiger partial charge in [-0.1, -0.05) is 36.4 Å². The molecule has 2 heterocycles. The normalized spacial score (nSPS) is 13.2. The molecule has 0 radical (unpaired) electrons. The van der Waals surface area contributed by atoms with Crippen molar-refractivity contribution in [2.75, 3.05) is 108 Å². The first-order chi connectivity index (χ1) is 44.7. The minimum Gasteiger partial charge on any atom is -0.478 e. The Balaban J connectivity index is 0.000000219. The number of hydrogen-bond acceptors (Lipinski definition) is 15. The third-order valence-electron chi connectivity index (χ3n) is 15.9. The summed E-state index contributed by atoms with van der Waals surface area (Å²) < 4.78 is 122. The van der Waals surface area contributed by atoms with Crippen LogP contribution in [0.3, 0.4) is 0 Å². The first-order valence-corrected chi connectivity index (χ1v) is 34.3. The predicted molar refractivity (Wildman–Crippen MR) is 349 cm³/mol. The van der Waals surface area contributed by atoms with Crippen LogP contribution in [0, 0.1) is 11.6 Å². The summed E-state index contributed by atoms with van der Waals surface area (Å²) in [7, 11) is -3.03. The van der Waals surface area contributed by atoms with Gasteiger partial charge in [0, 0.05) is 61.3 Å². The lowest BCUT2D eigenvalue weighted by Gasteiger charge is -2.25. The molecule has 2 aliphatic rings. The van der Waals surface area contributed by atoms with Crippen LogP contribution in [-0.2, 0) is 56.6 Å². The molecule has 0 bridgehead atoms. The number of aromatic carboxylic acids is 1. The van der Waals surface area contributed by atoms with Gasteiger partial charge in [-0.25, -0.2) is 35.2 Å². The van der Waals surface area contributed by atoms with Gasteiger partial charge in [-0.2, -0.15) is 0 Å². The predicted octanol–water partition coefficient (Wildman–Crippen LogP) is 11.3. The zero-order valence-electron chi connectivity index (χ0n) is 52.5. The number of carbonyl (C=O) groups excluding carboxylic acids is 3. The first kappa shape index (κ1) is 68.8. The van der Waals surface area contributed by atoms with Crippen molar-refractivity contribution >= 4 is 77.1 Å². The zero-order valence-corrected chi connectivity index (χ0v) is 54.1. The van der Waals surface area contributed by atoms with E-state index in [1.165, 1.54) is 78.3 Å². The second kappa shape index (κ2) is 31.4. The van der Waals surface area contributed by atoms with Crippen molar-refractivity contribution in [1.29, 1.82) is 0 Å². The molecule has 93 heavy (non-hydrogen) atoms. The lowest BCUT2D eigenvalue weighted by Crippen LogP contribution is -2.34. The van der Waals surface area contributed by atoms with Crippen LogP contribution in [0.15, 0.2) is 130 Å². The minimum absolute atomic E-state index is 0.0594. The van der Waals surface area contributed by atoms with Crippen molar-refractivity contribution in [1.82, 2.24) is 10.6 Å². The molecule has 2 aliphatic carbocycles. The summed E-state index contributed by atoms with van der Waals surface area (Å²) in [6.07, 6.45) is 8.47. The van der Waals surface area contributed by atoms with Crippen LogP contribution in [0.1, 0.15) is 114 Å². The molecular weight excluding hydrogens is 1240 g/mol. The number of ether oxygens (including phenoxy) is 5. The lowest BCUT2D eigenvalue weighted by molar-refractivity contribution is 0.0500. The number of furan rings is 2. The molecule has 0 saturated heterocycles. The second-order valence-corrected chi connectivity index (χ2v) is 26.4. The summed E-state index contributed by atoms with van der Waals surface area (Å²) in [5, 5.41) is 15.7. The molecule has 2 fully saturated rings. The molecule has 20 nitrogen and oxygen atoms in total. The molecular formula is C69H76F2N4O16S2. The number of fused-ring (bicyclic) bond motifs is 2. The second-order valence-electron chi connectivity index (χ2n) is 22.6. The van der Waals surface area contributed by atoms with E-state index in [9.17, 15) is 49.9 Å². The molecule has 0 spiro atoms. The van der Waals surface area contributed by atoms with Crippen LogP contribution in [0.25, 0.3) is 44.6 Å². The average Bonchev–Trinajstić information content (AvgIpc) is 1.61. The van der Waals surface area contributed by atoms with Crippen LogP contribution in [0.5, 0.6) is 0 Å². The van der Waals surface area contributed by atoms with Crippen molar-refractivity contribution in [2.45, 2.75) is 63.2 Å². The van der Waals surface area contributed by atoms with Gasteiger partial charge >= 0.3 is 11.9 Å². The highest BCUT2D eigenvalue weighted by molar-refractivity contribution is 7.92. The number of nitrogens with zero attached hydrogens (tertiary/aromatic N) is 2. The van der Waals surface area contributed by atoms with E-state index in [4.69, 9.17) is 32.5 Å². The average molecular weight is 1320 g/mol. The fourth-order valence-corrected chi connectivity index (χ4v) is 12.9. The number of carbonyl (C=O) groups is 4. The Hall–Kier alpha value is -8.52. The third-order valence-corrected chi connectivity index (χ3v) is 18.3. The van der Waals surface area contributed by atoms with E-state index in [1.54, 1.807) is 42.5 Å². The smallest absolute Gasteiger partial charge is 0.338 e. The van der Waals surface area contributed by atoms with Gasteiger partial charge in [0.05, 0.1) is 106 Å².